The molecule has 0 aliphatic rings. The van der Waals surface area contributed by atoms with Crippen molar-refractivity contribution in [2.24, 2.45) is 5.84 Å². The van der Waals surface area contributed by atoms with Crippen LogP contribution < -0.4 is 11.3 Å². The molecule has 0 spiro atoms. The molecule has 1 aromatic heterocycles. The summed E-state index contributed by atoms with van der Waals surface area (Å²) in [6.07, 6.45) is 4.89. The van der Waals surface area contributed by atoms with Gasteiger partial charge in [0.2, 0.25) is 0 Å². The van der Waals surface area contributed by atoms with Gasteiger partial charge < -0.3 is 0 Å². The van der Waals surface area contributed by atoms with E-state index in [-0.39, 0.29) is 11.9 Å². The van der Waals surface area contributed by atoms with E-state index in [2.05, 4.69) is 18.1 Å². The quantitative estimate of drug-likeness (QED) is 0.359. The number of nitrogens with one attached hydrogen (secondary N) is 1. The fourth-order valence-corrected chi connectivity index (χ4v) is 3.16. The normalized spacial score (nSPS) is 12.8. The maximum Gasteiger partial charge on any atom is 0.124 e. The molecule has 2 rings (SSSR count). The number of thiophene rings is 1. The van der Waals surface area contributed by atoms with Crippen molar-refractivity contribution in [3.05, 3.63) is 47.6 Å². The summed E-state index contributed by atoms with van der Waals surface area (Å²) in [5.41, 5.74) is 2.84. The van der Waals surface area contributed by atoms with Crippen molar-refractivity contribution in [1.29, 1.82) is 0 Å². The number of hydrogen-bond acceptors (Lipinski definition) is 3. The molecule has 3 N–H and O–H groups in total. The molecule has 0 aliphatic carbocycles. The van der Waals surface area contributed by atoms with Crippen LogP contribution in [0.25, 0.3) is 10.1 Å². The first-order valence-electron chi connectivity index (χ1n) is 6.00. The van der Waals surface area contributed by atoms with Crippen molar-refractivity contribution in [3.8, 4) is 0 Å². The monoisotopic (exact) mass is 264 g/mol. The molecule has 0 saturated heterocycles. The molecule has 2 nitrogen and oxygen atoms in total. The number of hydrogen-bond donors (Lipinski definition) is 2. The van der Waals surface area contributed by atoms with Crippen LogP contribution in [0.15, 0.2) is 36.9 Å². The Morgan fingerprint density at radius 2 is 2.28 bits per heavy atom. The highest BCUT2D eigenvalue weighted by Gasteiger charge is 2.12. The van der Waals surface area contributed by atoms with Gasteiger partial charge in [-0.2, -0.15) is 0 Å². The molecule has 0 saturated carbocycles. The van der Waals surface area contributed by atoms with Gasteiger partial charge in [0.1, 0.15) is 5.82 Å². The first-order valence-corrected chi connectivity index (χ1v) is 6.82. The number of fused-ring (bicyclic) bond motifs is 1. The van der Waals surface area contributed by atoms with Crippen LogP contribution in [0.1, 0.15) is 30.2 Å². The highest BCUT2D eigenvalue weighted by atomic mass is 32.1. The Hall–Kier alpha value is -1.23. The lowest BCUT2D eigenvalue weighted by atomic mass is 10.1. The second-order valence-electron chi connectivity index (χ2n) is 4.27. The molecule has 1 atom stereocenters. The molecule has 0 radical (unpaired) electrons. The van der Waals surface area contributed by atoms with Crippen LogP contribution in [0.3, 0.4) is 0 Å². The Labute approximate surface area is 110 Å². The number of halogens is 1. The molecule has 18 heavy (non-hydrogen) atoms. The Morgan fingerprint density at radius 3 is 3.00 bits per heavy atom. The van der Waals surface area contributed by atoms with Gasteiger partial charge in [-0.3, -0.25) is 11.3 Å². The van der Waals surface area contributed by atoms with Crippen LogP contribution in [-0.4, -0.2) is 0 Å². The number of nitrogens with two attached hydrogens (primary N) is 1. The van der Waals surface area contributed by atoms with Crippen molar-refractivity contribution < 1.29 is 4.39 Å². The highest BCUT2D eigenvalue weighted by molar-refractivity contribution is 7.19. The summed E-state index contributed by atoms with van der Waals surface area (Å²) >= 11 is 1.59. The molecular weight excluding hydrogens is 247 g/mol. The van der Waals surface area contributed by atoms with E-state index in [0.29, 0.717) is 0 Å². The molecule has 0 bridgehead atoms. The van der Waals surface area contributed by atoms with Crippen molar-refractivity contribution in [2.75, 3.05) is 0 Å². The molecular formula is C14H17FN2S. The number of benzene rings is 1. The molecule has 1 unspecified atom stereocenters. The molecule has 0 amide bonds. The summed E-state index contributed by atoms with van der Waals surface area (Å²) in [6.45, 7) is 3.71. The van der Waals surface area contributed by atoms with Crippen LogP contribution in [0, 0.1) is 5.82 Å². The number of allylic oxidation sites excluding steroid dienone is 1. The van der Waals surface area contributed by atoms with Crippen molar-refractivity contribution in [2.45, 2.75) is 25.3 Å². The molecule has 4 heteroatoms. The van der Waals surface area contributed by atoms with Gasteiger partial charge in [-0.1, -0.05) is 12.1 Å². The standard InChI is InChI=1S/C14H17FN2S/c1-2-3-4-5-12(17-16)14-8-10-6-7-11(15)9-13(10)18-14/h2,6-9,12,17H,1,3-5,16H2. The minimum Gasteiger partial charge on any atom is -0.271 e. The Balaban J connectivity index is 2.19. The van der Waals surface area contributed by atoms with E-state index in [1.807, 2.05) is 12.1 Å². The SMILES string of the molecule is C=CCCCC(NN)c1cc2ccc(F)cc2s1. The number of hydrazine groups is 1. The van der Waals surface area contributed by atoms with E-state index in [4.69, 9.17) is 5.84 Å². The molecule has 0 aliphatic heterocycles. The first-order chi connectivity index (χ1) is 8.74. The first kappa shape index (κ1) is 13.2. The van der Waals surface area contributed by atoms with Crippen LogP contribution in [-0.2, 0) is 0 Å². The summed E-state index contributed by atoms with van der Waals surface area (Å²) in [4.78, 5) is 1.15. The third-order valence-corrected chi connectivity index (χ3v) is 4.16. The lowest BCUT2D eigenvalue weighted by Gasteiger charge is -2.12. The van der Waals surface area contributed by atoms with E-state index in [1.54, 1.807) is 17.4 Å². The third kappa shape index (κ3) is 2.96. The van der Waals surface area contributed by atoms with Crippen LogP contribution in [0.2, 0.25) is 0 Å². The highest BCUT2D eigenvalue weighted by Crippen LogP contribution is 2.32. The lowest BCUT2D eigenvalue weighted by molar-refractivity contribution is 0.508. The van der Waals surface area contributed by atoms with Crippen molar-refractivity contribution in [3.63, 3.8) is 0 Å². The Bertz CT molecular complexity index is 536. The van der Waals surface area contributed by atoms with E-state index < -0.39 is 0 Å². The Morgan fingerprint density at radius 1 is 1.44 bits per heavy atom. The summed E-state index contributed by atoms with van der Waals surface area (Å²) in [5.74, 6) is 5.40. The van der Waals surface area contributed by atoms with Gasteiger partial charge in [0.05, 0.1) is 6.04 Å². The van der Waals surface area contributed by atoms with Gasteiger partial charge >= 0.3 is 0 Å². The summed E-state index contributed by atoms with van der Waals surface area (Å²) in [6, 6.07) is 7.08. The van der Waals surface area contributed by atoms with E-state index in [1.165, 1.54) is 6.07 Å². The second kappa shape index (κ2) is 6.09. The summed E-state index contributed by atoms with van der Waals surface area (Å²) < 4.78 is 14.1. The smallest absolute Gasteiger partial charge is 0.124 e. The minimum atomic E-state index is -0.195. The maximum atomic E-state index is 13.1. The van der Waals surface area contributed by atoms with Crippen LogP contribution >= 0.6 is 11.3 Å². The van der Waals surface area contributed by atoms with Crippen LogP contribution in [0.5, 0.6) is 0 Å². The summed E-state index contributed by atoms with van der Waals surface area (Å²) in [5, 5.41) is 1.07. The molecule has 1 heterocycles. The number of rotatable bonds is 6. The summed E-state index contributed by atoms with van der Waals surface area (Å²) in [7, 11) is 0. The fraction of sp³-hybridized carbons (Fsp3) is 0.286. The van der Waals surface area contributed by atoms with E-state index in [0.717, 1.165) is 34.2 Å². The zero-order valence-electron chi connectivity index (χ0n) is 10.2. The molecule has 0 fully saturated rings. The predicted octanol–water partition coefficient (Wildman–Crippen LogP) is 3.90. The van der Waals surface area contributed by atoms with Crippen LogP contribution in [0.4, 0.5) is 4.39 Å². The van der Waals surface area contributed by atoms with Gasteiger partial charge in [-0.25, -0.2) is 4.39 Å². The molecule has 2 aromatic rings. The zero-order chi connectivity index (χ0) is 13.0. The van der Waals surface area contributed by atoms with Gasteiger partial charge in [0.25, 0.3) is 0 Å². The average molecular weight is 264 g/mol. The maximum absolute atomic E-state index is 13.1. The Kier molecular flexibility index (Phi) is 4.47. The minimum absolute atomic E-state index is 0.130. The largest absolute Gasteiger partial charge is 0.271 e. The predicted molar refractivity (Wildman–Crippen MR) is 75.9 cm³/mol. The second-order valence-corrected chi connectivity index (χ2v) is 5.39. The molecule has 96 valence electrons. The lowest BCUT2D eigenvalue weighted by Crippen LogP contribution is -2.27. The third-order valence-electron chi connectivity index (χ3n) is 2.95. The van der Waals surface area contributed by atoms with Gasteiger partial charge in [0.15, 0.2) is 0 Å². The average Bonchev–Trinajstić information content (AvgIpc) is 2.77. The van der Waals surface area contributed by atoms with Crippen molar-refractivity contribution >= 4 is 21.4 Å². The van der Waals surface area contributed by atoms with E-state index >= 15 is 0 Å². The van der Waals surface area contributed by atoms with Gasteiger partial charge in [0, 0.05) is 9.58 Å². The van der Waals surface area contributed by atoms with Gasteiger partial charge in [-0.15, -0.1) is 17.9 Å². The number of unbranched alkanes of at least 4 members (excludes halogenated alkanes) is 1. The van der Waals surface area contributed by atoms with Crippen molar-refractivity contribution in [1.82, 2.24) is 5.43 Å². The topological polar surface area (TPSA) is 38.0 Å². The fourth-order valence-electron chi connectivity index (χ4n) is 1.97. The molecule has 1 aromatic carbocycles. The zero-order valence-corrected chi connectivity index (χ0v) is 11.0. The van der Waals surface area contributed by atoms with Gasteiger partial charge in [-0.05, 0) is 42.8 Å². The van der Waals surface area contributed by atoms with E-state index in [9.17, 15) is 4.39 Å².